The smallest absolute Gasteiger partial charge is 0.273 e. The lowest BCUT2D eigenvalue weighted by atomic mass is 10.1. The molecule has 2 aromatic heterocycles. The number of carbonyl (C=O) groups is 1. The van der Waals surface area contributed by atoms with Gasteiger partial charge in [0.05, 0.1) is 26.1 Å². The normalized spacial score (nSPS) is 13.1. The minimum absolute atomic E-state index is 0.0399. The van der Waals surface area contributed by atoms with Gasteiger partial charge in [-0.1, -0.05) is 23.4 Å². The summed E-state index contributed by atoms with van der Waals surface area (Å²) in [5.41, 5.74) is 0.857. The Bertz CT molecular complexity index is 891. The molecule has 0 radical (unpaired) electrons. The highest BCUT2D eigenvalue weighted by Gasteiger charge is 2.17. The Morgan fingerprint density at radius 1 is 1.32 bits per heavy atom. The summed E-state index contributed by atoms with van der Waals surface area (Å²) >= 11 is 0. The van der Waals surface area contributed by atoms with Crippen molar-refractivity contribution in [3.63, 3.8) is 0 Å². The molecule has 148 valence electrons. The molecule has 2 heterocycles. The maximum atomic E-state index is 12.4. The molecule has 1 aromatic carbocycles. The number of furan rings is 1. The van der Waals surface area contributed by atoms with E-state index in [0.717, 1.165) is 18.6 Å². The van der Waals surface area contributed by atoms with Crippen molar-refractivity contribution in [2.24, 2.45) is 0 Å². The van der Waals surface area contributed by atoms with E-state index in [0.29, 0.717) is 11.3 Å². The number of aliphatic hydroxyl groups excluding tert-OH is 1. The first kappa shape index (κ1) is 19.6. The molecule has 0 aliphatic rings. The summed E-state index contributed by atoms with van der Waals surface area (Å²) in [6.07, 6.45) is 3.82. The first-order chi connectivity index (χ1) is 13.6. The van der Waals surface area contributed by atoms with Gasteiger partial charge in [-0.15, -0.1) is 5.10 Å². The van der Waals surface area contributed by atoms with Gasteiger partial charge in [-0.25, -0.2) is 4.68 Å². The number of hydrogen-bond acceptors (Lipinski definition) is 6. The largest absolute Gasteiger partial charge is 0.496 e. The number of carbonyl (C=O) groups excluding carboxylic acids is 1. The number of aliphatic hydroxyl groups is 1. The van der Waals surface area contributed by atoms with E-state index in [4.69, 9.17) is 9.15 Å². The van der Waals surface area contributed by atoms with Crippen molar-refractivity contribution in [2.45, 2.75) is 38.5 Å². The summed E-state index contributed by atoms with van der Waals surface area (Å²) < 4.78 is 12.0. The molecule has 3 rings (SSSR count). The number of benzene rings is 1. The van der Waals surface area contributed by atoms with E-state index < -0.39 is 6.10 Å². The molecule has 2 atom stereocenters. The van der Waals surface area contributed by atoms with E-state index in [2.05, 4.69) is 15.6 Å². The monoisotopic (exact) mass is 384 g/mol. The first-order valence-electron chi connectivity index (χ1n) is 9.11. The highest BCUT2D eigenvalue weighted by atomic mass is 16.5. The number of aryl methyl sites for hydroxylation is 1. The number of rotatable bonds is 9. The van der Waals surface area contributed by atoms with E-state index in [1.807, 2.05) is 31.2 Å². The van der Waals surface area contributed by atoms with Crippen molar-refractivity contribution in [1.29, 1.82) is 0 Å². The average molecular weight is 384 g/mol. The first-order valence-corrected chi connectivity index (χ1v) is 9.11. The highest BCUT2D eigenvalue weighted by molar-refractivity contribution is 5.92. The Labute approximate surface area is 163 Å². The lowest BCUT2D eigenvalue weighted by Gasteiger charge is -2.14. The third-order valence-electron chi connectivity index (χ3n) is 4.41. The van der Waals surface area contributed by atoms with Gasteiger partial charge in [0.1, 0.15) is 17.6 Å². The Balaban J connectivity index is 1.54. The third kappa shape index (κ3) is 4.98. The number of nitrogens with one attached hydrogen (secondary N) is 1. The molecule has 0 bridgehead atoms. The van der Waals surface area contributed by atoms with Crippen LogP contribution in [0.25, 0.3) is 0 Å². The number of nitrogens with zero attached hydrogens (tertiary/aromatic N) is 3. The van der Waals surface area contributed by atoms with E-state index in [-0.39, 0.29) is 24.2 Å². The van der Waals surface area contributed by atoms with E-state index >= 15 is 0 Å². The minimum Gasteiger partial charge on any atom is -0.496 e. The van der Waals surface area contributed by atoms with Crippen LogP contribution in [0.5, 0.6) is 5.75 Å². The second kappa shape index (κ2) is 9.18. The molecule has 2 N–H and O–H groups in total. The molecule has 0 saturated carbocycles. The Kier molecular flexibility index (Phi) is 6.44. The summed E-state index contributed by atoms with van der Waals surface area (Å²) in [6, 6.07) is 10.9. The van der Waals surface area contributed by atoms with Gasteiger partial charge >= 0.3 is 0 Å². The zero-order valence-corrected chi connectivity index (χ0v) is 15.9. The lowest BCUT2D eigenvalue weighted by Crippen LogP contribution is -2.33. The van der Waals surface area contributed by atoms with E-state index in [1.54, 1.807) is 25.5 Å². The summed E-state index contributed by atoms with van der Waals surface area (Å²) in [5, 5.41) is 21.2. The van der Waals surface area contributed by atoms with Crippen LogP contribution >= 0.6 is 0 Å². The third-order valence-corrected chi connectivity index (χ3v) is 4.41. The van der Waals surface area contributed by atoms with Crippen molar-refractivity contribution in [1.82, 2.24) is 20.3 Å². The Morgan fingerprint density at radius 2 is 2.14 bits per heavy atom. The van der Waals surface area contributed by atoms with Crippen LogP contribution in [-0.4, -0.2) is 39.2 Å². The van der Waals surface area contributed by atoms with Gasteiger partial charge in [0.25, 0.3) is 5.91 Å². The van der Waals surface area contributed by atoms with Crippen LogP contribution in [0, 0.1) is 0 Å². The van der Waals surface area contributed by atoms with Crippen LogP contribution < -0.4 is 10.1 Å². The quantitative estimate of drug-likeness (QED) is 0.587. The standard InChI is InChI=1S/C20H24N4O4/c1-14(9-10-15-6-5-11-28-15)21-20(26)17-12-24(23-22-17)13-18(25)16-7-3-4-8-19(16)27-2/h3-8,11-12,14,18,25H,9-10,13H2,1-2H3,(H,21,26). The molecule has 0 aliphatic heterocycles. The van der Waals surface area contributed by atoms with Gasteiger partial charge in [-0.05, 0) is 31.5 Å². The number of ether oxygens (including phenoxy) is 1. The van der Waals surface area contributed by atoms with Crippen LogP contribution in [0.3, 0.4) is 0 Å². The summed E-state index contributed by atoms with van der Waals surface area (Å²) in [4.78, 5) is 12.4. The van der Waals surface area contributed by atoms with Gasteiger partial charge in [0, 0.05) is 18.0 Å². The summed E-state index contributed by atoms with van der Waals surface area (Å²) in [7, 11) is 1.55. The fourth-order valence-electron chi connectivity index (χ4n) is 2.89. The molecule has 0 aliphatic carbocycles. The van der Waals surface area contributed by atoms with Crippen LogP contribution in [0.4, 0.5) is 0 Å². The van der Waals surface area contributed by atoms with E-state index in [9.17, 15) is 9.90 Å². The Hall–Kier alpha value is -3.13. The minimum atomic E-state index is -0.832. The second-order valence-corrected chi connectivity index (χ2v) is 6.58. The van der Waals surface area contributed by atoms with Gasteiger partial charge in [-0.3, -0.25) is 4.79 Å². The SMILES string of the molecule is COc1ccccc1C(O)Cn1cc(C(=O)NC(C)CCc2ccco2)nn1. The molecule has 8 nitrogen and oxygen atoms in total. The fraction of sp³-hybridized carbons (Fsp3) is 0.350. The number of hydrogen-bond donors (Lipinski definition) is 2. The maximum Gasteiger partial charge on any atom is 0.273 e. The van der Waals surface area contributed by atoms with Crippen molar-refractivity contribution < 1.29 is 19.1 Å². The van der Waals surface area contributed by atoms with E-state index in [1.165, 1.54) is 10.9 Å². The van der Waals surface area contributed by atoms with Crippen molar-refractivity contribution in [3.05, 3.63) is 65.9 Å². The zero-order valence-electron chi connectivity index (χ0n) is 15.9. The average Bonchev–Trinajstić information content (AvgIpc) is 3.38. The predicted molar refractivity (Wildman–Crippen MR) is 102 cm³/mol. The molecule has 0 spiro atoms. The van der Waals surface area contributed by atoms with Crippen molar-refractivity contribution in [3.8, 4) is 5.75 Å². The maximum absolute atomic E-state index is 12.4. The topological polar surface area (TPSA) is 102 Å². The molecular formula is C20H24N4O4. The zero-order chi connectivity index (χ0) is 19.9. The molecule has 0 fully saturated rings. The van der Waals surface area contributed by atoms with Crippen LogP contribution in [0.2, 0.25) is 0 Å². The van der Waals surface area contributed by atoms with Gasteiger partial charge in [-0.2, -0.15) is 0 Å². The number of amides is 1. The van der Waals surface area contributed by atoms with Crippen molar-refractivity contribution in [2.75, 3.05) is 7.11 Å². The molecular weight excluding hydrogens is 360 g/mol. The van der Waals surface area contributed by atoms with Crippen LogP contribution in [0.15, 0.2) is 53.3 Å². The molecule has 8 heteroatoms. The van der Waals surface area contributed by atoms with Gasteiger partial charge in [0.15, 0.2) is 5.69 Å². The number of methoxy groups -OCH3 is 1. The summed E-state index contributed by atoms with van der Waals surface area (Å²) in [5.74, 6) is 1.18. The molecule has 28 heavy (non-hydrogen) atoms. The highest BCUT2D eigenvalue weighted by Crippen LogP contribution is 2.25. The van der Waals surface area contributed by atoms with Crippen LogP contribution in [0.1, 0.15) is 41.3 Å². The fourth-order valence-corrected chi connectivity index (χ4v) is 2.89. The number of aromatic nitrogens is 3. The van der Waals surface area contributed by atoms with Crippen molar-refractivity contribution >= 4 is 5.91 Å². The lowest BCUT2D eigenvalue weighted by molar-refractivity contribution is 0.0932. The number of para-hydroxylation sites is 1. The van der Waals surface area contributed by atoms with Gasteiger partial charge in [0.2, 0.25) is 0 Å². The second-order valence-electron chi connectivity index (χ2n) is 6.58. The molecule has 2 unspecified atom stereocenters. The van der Waals surface area contributed by atoms with Gasteiger partial charge < -0.3 is 19.6 Å². The summed E-state index contributed by atoms with van der Waals surface area (Å²) in [6.45, 7) is 2.09. The predicted octanol–water partition coefficient (Wildman–Crippen LogP) is 2.36. The van der Waals surface area contributed by atoms with Crippen LogP contribution in [-0.2, 0) is 13.0 Å². The Morgan fingerprint density at radius 3 is 2.89 bits per heavy atom. The molecule has 0 saturated heterocycles. The molecule has 1 amide bonds. The molecule has 3 aromatic rings.